The van der Waals surface area contributed by atoms with Gasteiger partial charge in [-0.15, -0.1) is 11.3 Å². The third-order valence-electron chi connectivity index (χ3n) is 4.64. The van der Waals surface area contributed by atoms with Gasteiger partial charge in [-0.3, -0.25) is 0 Å². The lowest BCUT2D eigenvalue weighted by Crippen LogP contribution is -2.00. The van der Waals surface area contributed by atoms with E-state index in [9.17, 15) is 4.39 Å². The van der Waals surface area contributed by atoms with E-state index >= 15 is 0 Å². The second-order valence-corrected chi connectivity index (χ2v) is 7.33. The Morgan fingerprint density at radius 1 is 1.29 bits per heavy atom. The standard InChI is InChI=1S/C21H21FN2OS.C2H6/c22-19-13-16(8-9-18(19)21-23-10-12-26-21)25-11-4-5-15-14-24-20-7-3-1-2-6-17(15)20;1-2/h2,6,8-10,12-14,24H,1,3-5,7,11H2;1-2H3. The molecule has 1 aliphatic rings. The highest BCUT2D eigenvalue weighted by atomic mass is 32.1. The van der Waals surface area contributed by atoms with Gasteiger partial charge in [0.25, 0.3) is 0 Å². The summed E-state index contributed by atoms with van der Waals surface area (Å²) in [6, 6.07) is 4.99. The van der Waals surface area contributed by atoms with Crippen LogP contribution in [0.4, 0.5) is 4.39 Å². The molecule has 0 saturated heterocycles. The average molecular weight is 399 g/mol. The Bertz CT molecular complexity index is 899. The summed E-state index contributed by atoms with van der Waals surface area (Å²) in [4.78, 5) is 7.56. The van der Waals surface area contributed by atoms with Crippen LogP contribution in [0.5, 0.6) is 5.75 Å². The largest absolute Gasteiger partial charge is 0.493 e. The number of aromatic amines is 1. The summed E-state index contributed by atoms with van der Waals surface area (Å²) in [5.74, 6) is 0.272. The minimum absolute atomic E-state index is 0.293. The van der Waals surface area contributed by atoms with Gasteiger partial charge in [-0.2, -0.15) is 0 Å². The molecule has 0 amide bonds. The molecule has 28 heavy (non-hydrogen) atoms. The highest BCUT2D eigenvalue weighted by Crippen LogP contribution is 2.28. The van der Waals surface area contributed by atoms with Crippen LogP contribution < -0.4 is 4.74 Å². The van der Waals surface area contributed by atoms with Gasteiger partial charge in [0, 0.05) is 35.1 Å². The Morgan fingerprint density at radius 2 is 2.18 bits per heavy atom. The number of hydrogen-bond acceptors (Lipinski definition) is 3. The highest BCUT2D eigenvalue weighted by Gasteiger charge is 2.11. The van der Waals surface area contributed by atoms with Gasteiger partial charge in [0.2, 0.25) is 0 Å². The maximum atomic E-state index is 14.2. The fraction of sp³-hybridized carbons (Fsp3) is 0.348. The number of benzene rings is 1. The van der Waals surface area contributed by atoms with Crippen molar-refractivity contribution in [1.29, 1.82) is 0 Å². The molecule has 3 nitrogen and oxygen atoms in total. The van der Waals surface area contributed by atoms with Gasteiger partial charge in [-0.1, -0.05) is 26.0 Å². The number of thiazole rings is 1. The fourth-order valence-electron chi connectivity index (χ4n) is 3.31. The molecule has 0 aliphatic heterocycles. The number of aromatic nitrogens is 2. The van der Waals surface area contributed by atoms with Crippen molar-refractivity contribution in [3.8, 4) is 16.3 Å². The minimum atomic E-state index is -0.293. The van der Waals surface area contributed by atoms with Gasteiger partial charge in [0.15, 0.2) is 0 Å². The van der Waals surface area contributed by atoms with Gasteiger partial charge in [-0.25, -0.2) is 9.37 Å². The second-order valence-electron chi connectivity index (χ2n) is 6.43. The van der Waals surface area contributed by atoms with Crippen molar-refractivity contribution in [2.45, 2.75) is 46.0 Å². The second kappa shape index (κ2) is 10.2. The fourth-order valence-corrected chi connectivity index (χ4v) is 3.98. The van der Waals surface area contributed by atoms with Crippen LogP contribution in [0.25, 0.3) is 16.6 Å². The predicted molar refractivity (Wildman–Crippen MR) is 115 cm³/mol. The van der Waals surface area contributed by atoms with Crippen molar-refractivity contribution in [1.82, 2.24) is 9.97 Å². The van der Waals surface area contributed by atoms with Crippen molar-refractivity contribution in [2.75, 3.05) is 6.61 Å². The third kappa shape index (κ3) is 4.90. The molecule has 0 atom stereocenters. The van der Waals surface area contributed by atoms with Crippen LogP contribution in [0.15, 0.2) is 42.0 Å². The molecular weight excluding hydrogens is 371 g/mol. The van der Waals surface area contributed by atoms with E-state index in [1.165, 1.54) is 40.6 Å². The number of ether oxygens (including phenoxy) is 1. The predicted octanol–water partition coefficient (Wildman–Crippen LogP) is 6.66. The molecule has 1 aromatic carbocycles. The molecule has 0 bridgehead atoms. The van der Waals surface area contributed by atoms with Crippen LogP contribution in [0.3, 0.4) is 0 Å². The van der Waals surface area contributed by atoms with Crippen LogP contribution >= 0.6 is 11.3 Å². The molecule has 0 fully saturated rings. The van der Waals surface area contributed by atoms with E-state index < -0.39 is 0 Å². The summed E-state index contributed by atoms with van der Waals surface area (Å²) in [6.07, 6.45) is 13.6. The number of nitrogens with zero attached hydrogens (tertiary/aromatic N) is 1. The van der Waals surface area contributed by atoms with Gasteiger partial charge < -0.3 is 9.72 Å². The molecule has 1 aliphatic carbocycles. The summed E-state index contributed by atoms with van der Waals surface area (Å²) >= 11 is 1.43. The van der Waals surface area contributed by atoms with E-state index in [4.69, 9.17) is 4.74 Å². The maximum Gasteiger partial charge on any atom is 0.137 e. The molecule has 0 spiro atoms. The normalized spacial score (nSPS) is 12.7. The molecule has 1 N–H and O–H groups in total. The monoisotopic (exact) mass is 398 g/mol. The zero-order valence-electron chi connectivity index (χ0n) is 16.5. The Morgan fingerprint density at radius 3 is 2.96 bits per heavy atom. The summed E-state index contributed by atoms with van der Waals surface area (Å²) < 4.78 is 20.0. The first-order chi connectivity index (χ1) is 13.8. The molecule has 148 valence electrons. The Kier molecular flexibility index (Phi) is 7.43. The number of fused-ring (bicyclic) bond motifs is 1. The average Bonchev–Trinajstić information content (AvgIpc) is 3.32. The zero-order valence-corrected chi connectivity index (χ0v) is 17.3. The van der Waals surface area contributed by atoms with Crippen molar-refractivity contribution in [3.63, 3.8) is 0 Å². The van der Waals surface area contributed by atoms with Crippen LogP contribution in [0.1, 0.15) is 49.9 Å². The summed E-state index contributed by atoms with van der Waals surface area (Å²) in [6.45, 7) is 4.57. The Labute approximate surface area is 170 Å². The number of hydrogen-bond donors (Lipinski definition) is 1. The van der Waals surface area contributed by atoms with E-state index in [2.05, 4.69) is 28.3 Å². The first kappa shape index (κ1) is 20.3. The molecule has 5 heteroatoms. The van der Waals surface area contributed by atoms with E-state index in [0.717, 1.165) is 25.7 Å². The Hall–Kier alpha value is -2.40. The minimum Gasteiger partial charge on any atom is -0.493 e. The SMILES string of the molecule is CC.Fc1cc(OCCCc2c[nH]c3c2C=CCCC3)ccc1-c1nccs1. The highest BCUT2D eigenvalue weighted by molar-refractivity contribution is 7.13. The number of aryl methyl sites for hydroxylation is 2. The van der Waals surface area contributed by atoms with Gasteiger partial charge in [-0.05, 0) is 55.4 Å². The van der Waals surface area contributed by atoms with E-state index in [1.807, 2.05) is 25.3 Å². The molecule has 2 aromatic heterocycles. The maximum absolute atomic E-state index is 14.2. The lowest BCUT2D eigenvalue weighted by molar-refractivity contribution is 0.309. The van der Waals surface area contributed by atoms with Crippen molar-refractivity contribution < 1.29 is 9.13 Å². The first-order valence-electron chi connectivity index (χ1n) is 9.99. The topological polar surface area (TPSA) is 37.9 Å². The summed E-state index contributed by atoms with van der Waals surface area (Å²) in [7, 11) is 0. The zero-order chi connectivity index (χ0) is 19.8. The number of H-pyrrole nitrogens is 1. The summed E-state index contributed by atoms with van der Waals surface area (Å²) in [5.41, 5.74) is 4.55. The van der Waals surface area contributed by atoms with Crippen LogP contribution in [-0.2, 0) is 12.8 Å². The molecular formula is C23H27FN2OS. The molecule has 0 radical (unpaired) electrons. The number of halogens is 1. The lowest BCUT2D eigenvalue weighted by atomic mass is 10.1. The molecule has 2 heterocycles. The van der Waals surface area contributed by atoms with Crippen molar-refractivity contribution >= 4 is 17.4 Å². The van der Waals surface area contributed by atoms with E-state index in [0.29, 0.717) is 22.9 Å². The number of allylic oxidation sites excluding steroid dienone is 1. The number of nitrogens with one attached hydrogen (secondary N) is 1. The molecule has 0 saturated carbocycles. The molecule has 0 unspecified atom stereocenters. The smallest absolute Gasteiger partial charge is 0.137 e. The molecule has 3 aromatic rings. The van der Waals surface area contributed by atoms with Crippen molar-refractivity contribution in [2.24, 2.45) is 0 Å². The van der Waals surface area contributed by atoms with E-state index in [-0.39, 0.29) is 5.82 Å². The van der Waals surface area contributed by atoms with Gasteiger partial charge in [0.1, 0.15) is 16.6 Å². The molecule has 4 rings (SSSR count). The van der Waals surface area contributed by atoms with Crippen LogP contribution in [-0.4, -0.2) is 16.6 Å². The quantitative estimate of drug-likeness (QED) is 0.471. The lowest BCUT2D eigenvalue weighted by Gasteiger charge is -2.08. The van der Waals surface area contributed by atoms with Gasteiger partial charge in [0.05, 0.1) is 6.61 Å². The third-order valence-corrected chi connectivity index (χ3v) is 5.44. The van der Waals surface area contributed by atoms with Crippen molar-refractivity contribution in [3.05, 3.63) is 64.7 Å². The summed E-state index contributed by atoms with van der Waals surface area (Å²) in [5, 5.41) is 2.53. The Balaban J connectivity index is 0.00000109. The van der Waals surface area contributed by atoms with Gasteiger partial charge >= 0.3 is 0 Å². The number of rotatable bonds is 6. The van der Waals surface area contributed by atoms with Crippen LogP contribution in [0.2, 0.25) is 0 Å². The van der Waals surface area contributed by atoms with Crippen LogP contribution in [0, 0.1) is 5.82 Å². The van der Waals surface area contributed by atoms with E-state index in [1.54, 1.807) is 12.3 Å². The first-order valence-corrected chi connectivity index (χ1v) is 10.9.